The molecule has 4 nitrogen and oxygen atoms in total. The average molecular weight is 666 g/mol. The van der Waals surface area contributed by atoms with Gasteiger partial charge >= 0.3 is 14.2 Å². The molecule has 9 aromatic rings. The Bertz CT molecular complexity index is 2650. The third-order valence-corrected chi connectivity index (χ3v) is 10.5. The molecule has 2 aliphatic heterocycles. The molecule has 0 bridgehead atoms. The zero-order chi connectivity index (χ0) is 34.2. The summed E-state index contributed by atoms with van der Waals surface area (Å²) in [7, 11) is -1.47. The number of rotatable bonds is 4. The van der Waals surface area contributed by atoms with E-state index < -0.39 is 14.2 Å². The van der Waals surface area contributed by atoms with Crippen molar-refractivity contribution >= 4 is 68.3 Å². The zero-order valence-electron chi connectivity index (χ0n) is 28.0. The van der Waals surface area contributed by atoms with Crippen molar-refractivity contribution in [2.45, 2.75) is 0 Å². The van der Waals surface area contributed by atoms with Crippen LogP contribution in [0.3, 0.4) is 0 Å². The number of hydrogen-bond acceptors (Lipinski definition) is 4. The van der Waals surface area contributed by atoms with E-state index >= 15 is 0 Å². The summed E-state index contributed by atoms with van der Waals surface area (Å²) in [4.78, 5) is 0. The molecule has 2 heterocycles. The van der Waals surface area contributed by atoms with Crippen molar-refractivity contribution in [1.29, 1.82) is 0 Å². The van der Waals surface area contributed by atoms with Gasteiger partial charge in [0, 0.05) is 10.9 Å². The lowest BCUT2D eigenvalue weighted by Gasteiger charge is -2.21. The second-order valence-corrected chi connectivity index (χ2v) is 13.4. The molecule has 0 aliphatic carbocycles. The number of para-hydroxylation sites is 4. The van der Waals surface area contributed by atoms with Crippen molar-refractivity contribution in [2.75, 3.05) is 0 Å². The quantitative estimate of drug-likeness (QED) is 0.139. The predicted molar refractivity (Wildman–Crippen MR) is 214 cm³/mol. The van der Waals surface area contributed by atoms with Crippen molar-refractivity contribution < 1.29 is 18.6 Å². The van der Waals surface area contributed by atoms with E-state index in [9.17, 15) is 0 Å². The van der Waals surface area contributed by atoms with Crippen molar-refractivity contribution in [3.05, 3.63) is 170 Å². The smallest absolute Gasteiger partial charge is 0.519 e. The highest BCUT2D eigenvalue weighted by Gasteiger charge is 2.46. The van der Waals surface area contributed by atoms with Crippen LogP contribution in [0.1, 0.15) is 0 Å². The highest BCUT2D eigenvalue weighted by atomic mass is 16.6. The minimum atomic E-state index is -0.737. The van der Waals surface area contributed by atoms with Crippen LogP contribution in [0.5, 0.6) is 23.0 Å². The summed E-state index contributed by atoms with van der Waals surface area (Å²) in [5.41, 5.74) is 6.31. The molecule has 0 unspecified atom stereocenters. The zero-order valence-corrected chi connectivity index (χ0v) is 28.0. The van der Waals surface area contributed by atoms with Gasteiger partial charge in [0.15, 0.2) is 0 Å². The lowest BCUT2D eigenvalue weighted by atomic mass is 9.61. The molecule has 0 amide bonds. The van der Waals surface area contributed by atoms with Crippen LogP contribution in [0.4, 0.5) is 0 Å². The normalized spacial score (nSPS) is 13.2. The molecule has 9 aromatic carbocycles. The first-order valence-corrected chi connectivity index (χ1v) is 17.6. The molecule has 0 saturated carbocycles. The molecule has 242 valence electrons. The van der Waals surface area contributed by atoms with Gasteiger partial charge in [-0.1, -0.05) is 133 Å². The fraction of sp³-hybridized carbons (Fsp3) is 0. The Morgan fingerprint density at radius 1 is 0.288 bits per heavy atom. The van der Waals surface area contributed by atoms with E-state index in [0.717, 1.165) is 54.7 Å². The average Bonchev–Trinajstić information content (AvgIpc) is 3.84. The van der Waals surface area contributed by atoms with Crippen LogP contribution in [-0.2, 0) is 0 Å². The topological polar surface area (TPSA) is 36.9 Å². The minimum Gasteiger partial charge on any atom is -0.519 e. The minimum absolute atomic E-state index is 0.706. The maximum absolute atomic E-state index is 6.68. The molecule has 0 atom stereocenters. The van der Waals surface area contributed by atoms with E-state index in [1.165, 1.54) is 21.5 Å². The molecule has 11 rings (SSSR count). The van der Waals surface area contributed by atoms with E-state index in [4.69, 9.17) is 18.6 Å². The summed E-state index contributed by atoms with van der Waals surface area (Å²) in [5.74, 6) is 2.83. The second-order valence-electron chi connectivity index (χ2n) is 13.4. The van der Waals surface area contributed by atoms with Gasteiger partial charge in [-0.25, -0.2) is 0 Å². The Labute approximate surface area is 301 Å². The van der Waals surface area contributed by atoms with Crippen molar-refractivity contribution in [1.82, 2.24) is 0 Å². The summed E-state index contributed by atoms with van der Waals surface area (Å²) < 4.78 is 26.7. The summed E-state index contributed by atoms with van der Waals surface area (Å²) in [6.45, 7) is 0. The Balaban J connectivity index is 1.23. The van der Waals surface area contributed by atoms with Gasteiger partial charge < -0.3 is 18.6 Å². The highest BCUT2D eigenvalue weighted by molar-refractivity contribution is 6.80. The van der Waals surface area contributed by atoms with Crippen LogP contribution in [0.2, 0.25) is 0 Å². The van der Waals surface area contributed by atoms with Crippen molar-refractivity contribution in [3.8, 4) is 45.3 Å². The largest absolute Gasteiger partial charge is 0.633 e. The maximum atomic E-state index is 6.68. The van der Waals surface area contributed by atoms with E-state index in [0.29, 0.717) is 23.0 Å². The molecular formula is C46H28B2O4. The number of hydrogen-bond donors (Lipinski definition) is 0. The van der Waals surface area contributed by atoms with Gasteiger partial charge in [0.2, 0.25) is 0 Å². The Kier molecular flexibility index (Phi) is 6.41. The van der Waals surface area contributed by atoms with E-state index in [1.54, 1.807) is 0 Å². The van der Waals surface area contributed by atoms with Crippen LogP contribution in [0.25, 0.3) is 65.3 Å². The van der Waals surface area contributed by atoms with Crippen LogP contribution in [0.15, 0.2) is 170 Å². The van der Waals surface area contributed by atoms with Gasteiger partial charge in [-0.2, -0.15) is 0 Å². The van der Waals surface area contributed by atoms with E-state index in [-0.39, 0.29) is 0 Å². The summed E-state index contributed by atoms with van der Waals surface area (Å²) >= 11 is 0. The molecule has 2 aliphatic rings. The summed E-state index contributed by atoms with van der Waals surface area (Å²) in [5, 5.41) is 9.03. The van der Waals surface area contributed by atoms with Crippen LogP contribution in [-0.4, -0.2) is 14.2 Å². The van der Waals surface area contributed by atoms with Crippen molar-refractivity contribution in [2.24, 2.45) is 0 Å². The van der Waals surface area contributed by atoms with E-state index in [2.05, 4.69) is 121 Å². The number of benzene rings is 9. The fourth-order valence-corrected chi connectivity index (χ4v) is 8.13. The van der Waals surface area contributed by atoms with Crippen LogP contribution < -0.4 is 29.5 Å². The highest BCUT2D eigenvalue weighted by Crippen LogP contribution is 2.39. The predicted octanol–water partition coefficient (Wildman–Crippen LogP) is 9.97. The molecule has 0 saturated heterocycles. The molecule has 0 fully saturated rings. The molecule has 0 N–H and O–H groups in total. The first-order chi connectivity index (χ1) is 25.8. The van der Waals surface area contributed by atoms with Gasteiger partial charge in [0.1, 0.15) is 23.0 Å². The molecule has 0 spiro atoms. The standard InChI is InChI=1S/C46H28B2O4/c1-3-15-33-29(11-1)13-9-17-35(33)31-23-25-37-38-26-24-32(36-18-10-14-30-12-2-4-16-34(30)36)28-40(38)46(48-51-43-21-7-8-22-44(43)52-48)45(39(37)27-31)47-49-41-19-5-6-20-42(41)50-47/h1-28H. The Hall–Kier alpha value is -6.65. The summed E-state index contributed by atoms with van der Waals surface area (Å²) in [6.07, 6.45) is 0. The maximum Gasteiger partial charge on any atom is 0.633 e. The van der Waals surface area contributed by atoms with Gasteiger partial charge in [-0.3, -0.25) is 0 Å². The van der Waals surface area contributed by atoms with E-state index in [1.807, 2.05) is 48.5 Å². The summed E-state index contributed by atoms with van der Waals surface area (Å²) in [6, 6.07) is 59.2. The number of fused-ring (bicyclic) bond motifs is 7. The molecule has 52 heavy (non-hydrogen) atoms. The third kappa shape index (κ3) is 4.51. The first kappa shape index (κ1) is 29.1. The lowest BCUT2D eigenvalue weighted by Crippen LogP contribution is -2.56. The molecule has 0 radical (unpaired) electrons. The monoisotopic (exact) mass is 666 g/mol. The van der Waals surface area contributed by atoms with Crippen LogP contribution >= 0.6 is 0 Å². The second kappa shape index (κ2) is 11.4. The van der Waals surface area contributed by atoms with Gasteiger partial charge in [0.25, 0.3) is 0 Å². The lowest BCUT2D eigenvalue weighted by molar-refractivity contribution is 0.513. The first-order valence-electron chi connectivity index (χ1n) is 17.6. The van der Waals surface area contributed by atoms with Crippen molar-refractivity contribution in [3.63, 3.8) is 0 Å². The van der Waals surface area contributed by atoms with Gasteiger partial charge in [-0.05, 0) is 102 Å². The Morgan fingerprint density at radius 2 is 0.654 bits per heavy atom. The molecule has 6 heteroatoms. The Morgan fingerprint density at radius 3 is 1.08 bits per heavy atom. The fourth-order valence-electron chi connectivity index (χ4n) is 8.13. The SMILES string of the molecule is c1ccc2c(c1)OB(c1c(B3Oc4ccccc4O3)c3cc(-c4cccc5ccccc45)ccc3c3ccc(-c4cccc5ccccc45)cc13)O2. The van der Waals surface area contributed by atoms with Gasteiger partial charge in [-0.15, -0.1) is 0 Å². The third-order valence-electron chi connectivity index (χ3n) is 10.5. The molecule has 0 aromatic heterocycles. The van der Waals surface area contributed by atoms with Crippen LogP contribution in [0, 0.1) is 0 Å². The molecular weight excluding hydrogens is 638 g/mol. The van der Waals surface area contributed by atoms with Gasteiger partial charge in [0.05, 0.1) is 0 Å².